The first kappa shape index (κ1) is 6.41. The molecule has 0 heterocycles. The van der Waals surface area contributed by atoms with Crippen LogP contribution >= 0.6 is 0 Å². The Morgan fingerprint density at radius 2 is 2.43 bits per heavy atom. The van der Waals surface area contributed by atoms with Crippen LogP contribution in [0.5, 0.6) is 0 Å². The van der Waals surface area contributed by atoms with Gasteiger partial charge in [0.05, 0.1) is 0 Å². The zero-order chi connectivity index (χ0) is 5.70. The van der Waals surface area contributed by atoms with E-state index in [1.807, 2.05) is 6.92 Å². The zero-order valence-electron chi connectivity index (χ0n) is 4.45. The number of hydrogen-bond acceptors (Lipinski definition) is 0. The van der Waals surface area contributed by atoms with Gasteiger partial charge in [0.25, 0.3) is 0 Å². The van der Waals surface area contributed by atoms with Gasteiger partial charge in [-0.25, -0.2) is 4.39 Å². The molecule has 0 fully saturated rings. The molecule has 7 heavy (non-hydrogen) atoms. The van der Waals surface area contributed by atoms with E-state index in [-0.39, 0.29) is 0 Å². The van der Waals surface area contributed by atoms with Crippen molar-refractivity contribution in [3.05, 3.63) is 24.3 Å². The number of alkyl halides is 1. The normalized spacial score (nSPS) is 10.0. The molecule has 0 aromatic rings. The first-order valence-corrected chi connectivity index (χ1v) is 2.17. The Morgan fingerprint density at radius 1 is 1.86 bits per heavy atom. The lowest BCUT2D eigenvalue weighted by atomic mass is 10.3. The maximum absolute atomic E-state index is 11.4. The second-order valence-corrected chi connectivity index (χ2v) is 1.29. The number of allylic oxidation sites excluding steroid dienone is 3. The van der Waals surface area contributed by atoms with E-state index in [2.05, 4.69) is 6.58 Å². The van der Waals surface area contributed by atoms with Crippen molar-refractivity contribution < 1.29 is 4.39 Å². The molecule has 0 radical (unpaired) electrons. The molecule has 0 aromatic heterocycles. The van der Waals surface area contributed by atoms with E-state index in [4.69, 9.17) is 0 Å². The van der Waals surface area contributed by atoms with Gasteiger partial charge >= 0.3 is 0 Å². The second-order valence-electron chi connectivity index (χ2n) is 1.29. The van der Waals surface area contributed by atoms with Gasteiger partial charge in [-0.3, -0.25) is 0 Å². The van der Waals surface area contributed by atoms with Gasteiger partial charge < -0.3 is 0 Å². The summed E-state index contributed by atoms with van der Waals surface area (Å²) in [6.45, 7) is 4.80. The van der Waals surface area contributed by atoms with Crippen LogP contribution in [0.3, 0.4) is 0 Å². The molecule has 0 nitrogen and oxygen atoms in total. The molecule has 0 saturated carbocycles. The van der Waals surface area contributed by atoms with E-state index in [1.54, 1.807) is 12.2 Å². The molecule has 1 heteroatoms. The average molecular weight is 100 g/mol. The Morgan fingerprint density at radius 3 is 2.57 bits per heavy atom. The highest BCUT2D eigenvalue weighted by molar-refractivity contribution is 5.13. The summed E-state index contributed by atoms with van der Waals surface area (Å²) in [5.41, 5.74) is 0.530. The van der Waals surface area contributed by atoms with Crippen molar-refractivity contribution in [1.29, 1.82) is 0 Å². The van der Waals surface area contributed by atoms with E-state index in [0.717, 1.165) is 0 Å². The molecule has 0 N–H and O–H groups in total. The number of halogens is 1. The molecule has 0 aromatic carbocycles. The van der Waals surface area contributed by atoms with Crippen LogP contribution in [-0.2, 0) is 0 Å². The first-order chi connectivity index (χ1) is 3.31. The highest BCUT2D eigenvalue weighted by Crippen LogP contribution is 1.90. The zero-order valence-corrected chi connectivity index (χ0v) is 4.45. The number of rotatable bonds is 2. The molecule has 0 aliphatic carbocycles. The van der Waals surface area contributed by atoms with Crippen molar-refractivity contribution in [1.82, 2.24) is 0 Å². The summed E-state index contributed by atoms with van der Waals surface area (Å²) in [6, 6.07) is 0. The van der Waals surface area contributed by atoms with Crippen LogP contribution in [0, 0.1) is 0 Å². The molecule has 0 aliphatic heterocycles. The van der Waals surface area contributed by atoms with Gasteiger partial charge in [-0.2, -0.15) is 0 Å². The first-order valence-electron chi connectivity index (χ1n) is 2.17. The lowest BCUT2D eigenvalue weighted by Gasteiger charge is -1.82. The average Bonchev–Trinajstić information content (AvgIpc) is 1.68. The quantitative estimate of drug-likeness (QED) is 0.466. The summed E-state index contributed by atoms with van der Waals surface area (Å²) in [5, 5.41) is 0. The smallest absolute Gasteiger partial charge is 0.114 e. The minimum Gasteiger partial charge on any atom is -0.246 e. The predicted octanol–water partition coefficient (Wildman–Crippen LogP) is 2.09. The van der Waals surface area contributed by atoms with Gasteiger partial charge in [0.15, 0.2) is 0 Å². The topological polar surface area (TPSA) is 0 Å². The molecule has 0 rings (SSSR count). The fourth-order valence-corrected chi connectivity index (χ4v) is 0.280. The minimum absolute atomic E-state index is 0.440. The lowest BCUT2D eigenvalue weighted by Crippen LogP contribution is -1.72. The van der Waals surface area contributed by atoms with Crippen molar-refractivity contribution in [3.8, 4) is 0 Å². The van der Waals surface area contributed by atoms with E-state index >= 15 is 0 Å². The third kappa shape index (κ3) is 3.23. The molecule has 0 bridgehead atoms. The summed E-state index contributed by atoms with van der Waals surface area (Å²) in [7, 11) is 0. The highest BCUT2D eigenvalue weighted by atomic mass is 19.1. The van der Waals surface area contributed by atoms with Crippen LogP contribution in [0.2, 0.25) is 0 Å². The fraction of sp³-hybridized carbons (Fsp3) is 0.333. The third-order valence-electron chi connectivity index (χ3n) is 0.574. The molecular weight excluding hydrogens is 91.1 g/mol. The third-order valence-corrected chi connectivity index (χ3v) is 0.574. The van der Waals surface area contributed by atoms with Gasteiger partial charge in [-0.05, 0) is 12.5 Å². The SMILES string of the molecule is C=C(C=CC)CF. The molecule has 40 valence electrons. The molecule has 0 spiro atoms. The van der Waals surface area contributed by atoms with Gasteiger partial charge in [-0.1, -0.05) is 18.7 Å². The van der Waals surface area contributed by atoms with Crippen molar-refractivity contribution in [3.63, 3.8) is 0 Å². The van der Waals surface area contributed by atoms with Crippen LogP contribution in [0.25, 0.3) is 0 Å². The largest absolute Gasteiger partial charge is 0.246 e. The Labute approximate surface area is 43.4 Å². The summed E-state index contributed by atoms with van der Waals surface area (Å²) in [5.74, 6) is 0. The Hall–Kier alpha value is -0.590. The van der Waals surface area contributed by atoms with Crippen LogP contribution in [0.1, 0.15) is 6.92 Å². The summed E-state index contributed by atoms with van der Waals surface area (Å²) in [4.78, 5) is 0. The van der Waals surface area contributed by atoms with Gasteiger partial charge in [0.2, 0.25) is 0 Å². The summed E-state index contributed by atoms with van der Waals surface area (Å²) >= 11 is 0. The van der Waals surface area contributed by atoms with Crippen molar-refractivity contribution in [2.24, 2.45) is 0 Å². The van der Waals surface area contributed by atoms with Gasteiger partial charge in [0, 0.05) is 0 Å². The Bertz CT molecular complexity index is 82.2. The molecule has 0 amide bonds. The molecule has 0 unspecified atom stereocenters. The van der Waals surface area contributed by atoms with Crippen LogP contribution in [0.15, 0.2) is 24.3 Å². The van der Waals surface area contributed by atoms with E-state index < -0.39 is 6.67 Å². The van der Waals surface area contributed by atoms with E-state index in [9.17, 15) is 4.39 Å². The van der Waals surface area contributed by atoms with E-state index in [1.165, 1.54) is 0 Å². The standard InChI is InChI=1S/C6H9F/c1-3-4-6(2)5-7/h3-4H,2,5H2,1H3. The van der Waals surface area contributed by atoms with Crippen molar-refractivity contribution in [2.45, 2.75) is 6.92 Å². The molecular formula is C6H9F. The lowest BCUT2D eigenvalue weighted by molar-refractivity contribution is 0.550. The van der Waals surface area contributed by atoms with Crippen LogP contribution < -0.4 is 0 Å². The second kappa shape index (κ2) is 3.59. The number of hydrogen-bond donors (Lipinski definition) is 0. The van der Waals surface area contributed by atoms with Crippen LogP contribution in [0.4, 0.5) is 4.39 Å². The minimum atomic E-state index is -0.440. The van der Waals surface area contributed by atoms with Gasteiger partial charge in [0.1, 0.15) is 6.67 Å². The molecule has 0 saturated heterocycles. The van der Waals surface area contributed by atoms with E-state index in [0.29, 0.717) is 5.57 Å². The molecule has 0 atom stereocenters. The predicted molar refractivity (Wildman–Crippen MR) is 29.9 cm³/mol. The maximum Gasteiger partial charge on any atom is 0.114 e. The Balaban J connectivity index is 3.37. The summed E-state index contributed by atoms with van der Waals surface area (Å²) in [6.07, 6.45) is 3.42. The van der Waals surface area contributed by atoms with Gasteiger partial charge in [-0.15, -0.1) is 0 Å². The van der Waals surface area contributed by atoms with Crippen molar-refractivity contribution in [2.75, 3.05) is 6.67 Å². The Kier molecular flexibility index (Phi) is 3.29. The van der Waals surface area contributed by atoms with Crippen molar-refractivity contribution >= 4 is 0 Å². The summed E-state index contributed by atoms with van der Waals surface area (Å²) < 4.78 is 11.4. The molecule has 0 aliphatic rings. The maximum atomic E-state index is 11.4. The monoisotopic (exact) mass is 100 g/mol. The fourth-order valence-electron chi connectivity index (χ4n) is 0.280. The van der Waals surface area contributed by atoms with Crippen LogP contribution in [-0.4, -0.2) is 6.67 Å². The highest BCUT2D eigenvalue weighted by Gasteiger charge is 1.78.